The van der Waals surface area contributed by atoms with Crippen LogP contribution in [0.5, 0.6) is 5.75 Å². The van der Waals surface area contributed by atoms with Crippen LogP contribution in [0.1, 0.15) is 35.3 Å². The van der Waals surface area contributed by atoms with Crippen LogP contribution >= 0.6 is 0 Å². The third kappa shape index (κ3) is 4.45. The van der Waals surface area contributed by atoms with Crippen molar-refractivity contribution in [2.75, 3.05) is 0 Å². The van der Waals surface area contributed by atoms with Gasteiger partial charge in [0.1, 0.15) is 5.75 Å². The van der Waals surface area contributed by atoms with Crippen molar-refractivity contribution in [3.05, 3.63) is 65.2 Å². The first kappa shape index (κ1) is 15.8. The highest BCUT2D eigenvalue weighted by Crippen LogP contribution is 2.17. The van der Waals surface area contributed by atoms with Crippen LogP contribution in [0, 0.1) is 6.92 Å². The molecular formula is C18H20N2O2. The van der Waals surface area contributed by atoms with Gasteiger partial charge >= 0.3 is 0 Å². The molecule has 0 aliphatic carbocycles. The number of carbonyl (C=O) groups is 1. The minimum atomic E-state index is -0.234. The molecule has 0 fully saturated rings. The van der Waals surface area contributed by atoms with E-state index in [1.807, 2.05) is 63.2 Å². The molecule has 0 spiro atoms. The van der Waals surface area contributed by atoms with Crippen LogP contribution in [-0.2, 0) is 0 Å². The van der Waals surface area contributed by atoms with E-state index in [9.17, 15) is 4.79 Å². The smallest absolute Gasteiger partial charge is 0.271 e. The van der Waals surface area contributed by atoms with E-state index in [1.54, 1.807) is 12.3 Å². The zero-order chi connectivity index (χ0) is 15.9. The molecule has 2 rings (SSSR count). The number of rotatable bonds is 5. The first-order valence-electron chi connectivity index (χ1n) is 7.22. The molecule has 2 aromatic carbocycles. The number of benzene rings is 2. The average Bonchev–Trinajstić information content (AvgIpc) is 2.48. The summed E-state index contributed by atoms with van der Waals surface area (Å²) in [5, 5.41) is 4.01. The first-order chi connectivity index (χ1) is 10.6. The number of nitrogens with one attached hydrogen (secondary N) is 1. The van der Waals surface area contributed by atoms with Crippen molar-refractivity contribution in [2.24, 2.45) is 5.10 Å². The number of hydrogen-bond donors (Lipinski definition) is 1. The van der Waals surface area contributed by atoms with Gasteiger partial charge in [-0.2, -0.15) is 5.10 Å². The fourth-order valence-corrected chi connectivity index (χ4v) is 1.96. The summed E-state index contributed by atoms with van der Waals surface area (Å²) in [5.41, 5.74) is 4.97. The molecule has 2 aromatic rings. The maximum atomic E-state index is 12.0. The second kappa shape index (κ2) is 7.41. The number of hydrogen-bond acceptors (Lipinski definition) is 3. The predicted molar refractivity (Wildman–Crippen MR) is 88.4 cm³/mol. The first-order valence-corrected chi connectivity index (χ1v) is 7.22. The molecule has 4 nitrogen and oxygen atoms in total. The Labute approximate surface area is 130 Å². The Hall–Kier alpha value is -2.62. The Kier molecular flexibility index (Phi) is 5.31. The summed E-state index contributed by atoms with van der Waals surface area (Å²) >= 11 is 0. The van der Waals surface area contributed by atoms with Crippen LogP contribution in [0.3, 0.4) is 0 Å². The molecule has 0 atom stereocenters. The lowest BCUT2D eigenvalue weighted by atomic mass is 10.1. The van der Waals surface area contributed by atoms with E-state index in [-0.39, 0.29) is 12.0 Å². The molecule has 0 saturated heterocycles. The van der Waals surface area contributed by atoms with Gasteiger partial charge in [-0.25, -0.2) is 5.43 Å². The Morgan fingerprint density at radius 1 is 1.18 bits per heavy atom. The van der Waals surface area contributed by atoms with E-state index in [0.29, 0.717) is 5.56 Å². The summed E-state index contributed by atoms with van der Waals surface area (Å²) in [6.07, 6.45) is 1.67. The number of para-hydroxylation sites is 1. The molecule has 0 saturated carbocycles. The van der Waals surface area contributed by atoms with Crippen LogP contribution < -0.4 is 10.2 Å². The second-order valence-electron chi connectivity index (χ2n) is 5.27. The molecule has 0 aromatic heterocycles. The fraction of sp³-hybridized carbons (Fsp3) is 0.222. The Balaban J connectivity index is 2.05. The summed E-state index contributed by atoms with van der Waals surface area (Å²) in [6.45, 7) is 5.88. The molecule has 0 radical (unpaired) electrons. The molecule has 0 bridgehead atoms. The minimum Gasteiger partial charge on any atom is -0.490 e. The number of amides is 1. The molecule has 1 N–H and O–H groups in total. The van der Waals surface area contributed by atoms with Crippen LogP contribution in [-0.4, -0.2) is 18.2 Å². The lowest BCUT2D eigenvalue weighted by Crippen LogP contribution is -2.17. The maximum absolute atomic E-state index is 12.0. The minimum absolute atomic E-state index is 0.0800. The van der Waals surface area contributed by atoms with Crippen LogP contribution in [0.25, 0.3) is 0 Å². The molecule has 0 heterocycles. The number of nitrogens with zero attached hydrogens (tertiary/aromatic N) is 1. The van der Waals surface area contributed by atoms with Crippen LogP contribution in [0.15, 0.2) is 53.6 Å². The third-order valence-corrected chi connectivity index (χ3v) is 2.93. The predicted octanol–water partition coefficient (Wildman–Crippen LogP) is 3.55. The summed E-state index contributed by atoms with van der Waals surface area (Å²) in [5.74, 6) is 0.508. The molecule has 0 unspecified atom stereocenters. The van der Waals surface area contributed by atoms with Crippen molar-refractivity contribution in [1.82, 2.24) is 5.43 Å². The standard InChI is InChI=1S/C18H20N2O2/c1-13(2)22-17-10-5-4-8-16(17)12-19-20-18(21)15-9-6-7-14(3)11-15/h4-13H,1-3H3,(H,20,21)/b19-12-. The van der Waals surface area contributed by atoms with E-state index in [1.165, 1.54) is 0 Å². The van der Waals surface area contributed by atoms with Crippen molar-refractivity contribution >= 4 is 12.1 Å². The van der Waals surface area contributed by atoms with Gasteiger partial charge in [0.05, 0.1) is 12.3 Å². The lowest BCUT2D eigenvalue weighted by Gasteiger charge is -2.11. The van der Waals surface area contributed by atoms with Crippen LogP contribution in [0.2, 0.25) is 0 Å². The summed E-state index contributed by atoms with van der Waals surface area (Å²) in [4.78, 5) is 12.0. The van der Waals surface area contributed by atoms with Gasteiger partial charge in [0.15, 0.2) is 0 Å². The zero-order valence-electron chi connectivity index (χ0n) is 13.0. The molecule has 4 heteroatoms. The SMILES string of the molecule is Cc1cccc(C(=O)N/N=C\c2ccccc2OC(C)C)c1. The Morgan fingerprint density at radius 2 is 1.95 bits per heavy atom. The number of aryl methyl sites for hydroxylation is 1. The van der Waals surface area contributed by atoms with E-state index in [4.69, 9.17) is 4.74 Å². The zero-order valence-corrected chi connectivity index (χ0v) is 13.0. The highest BCUT2D eigenvalue weighted by Gasteiger charge is 2.05. The summed E-state index contributed by atoms with van der Waals surface area (Å²) in [7, 11) is 0. The summed E-state index contributed by atoms with van der Waals surface area (Å²) in [6, 6.07) is 14.9. The van der Waals surface area contributed by atoms with E-state index >= 15 is 0 Å². The molecule has 0 aliphatic heterocycles. The highest BCUT2D eigenvalue weighted by molar-refractivity contribution is 5.95. The molecule has 1 amide bonds. The average molecular weight is 296 g/mol. The van der Waals surface area contributed by atoms with Gasteiger partial charge in [-0.1, -0.05) is 29.8 Å². The Morgan fingerprint density at radius 3 is 2.68 bits per heavy atom. The van der Waals surface area contributed by atoms with E-state index in [2.05, 4.69) is 10.5 Å². The van der Waals surface area contributed by atoms with Crippen molar-refractivity contribution in [3.8, 4) is 5.75 Å². The fourth-order valence-electron chi connectivity index (χ4n) is 1.96. The number of ether oxygens (including phenoxy) is 1. The Bertz CT molecular complexity index is 678. The lowest BCUT2D eigenvalue weighted by molar-refractivity contribution is 0.0955. The highest BCUT2D eigenvalue weighted by atomic mass is 16.5. The normalized spacial score (nSPS) is 10.9. The molecule has 114 valence electrons. The monoisotopic (exact) mass is 296 g/mol. The molecule has 22 heavy (non-hydrogen) atoms. The van der Waals surface area contributed by atoms with Crippen LogP contribution in [0.4, 0.5) is 0 Å². The number of hydrazone groups is 1. The van der Waals surface area contributed by atoms with Crippen molar-refractivity contribution < 1.29 is 9.53 Å². The topological polar surface area (TPSA) is 50.7 Å². The quantitative estimate of drug-likeness (QED) is 0.677. The van der Waals surface area contributed by atoms with E-state index in [0.717, 1.165) is 16.9 Å². The van der Waals surface area contributed by atoms with Gasteiger partial charge in [0.2, 0.25) is 0 Å². The summed E-state index contributed by atoms with van der Waals surface area (Å²) < 4.78 is 5.70. The van der Waals surface area contributed by atoms with Crippen molar-refractivity contribution in [3.63, 3.8) is 0 Å². The van der Waals surface area contributed by atoms with E-state index < -0.39 is 0 Å². The molecule has 0 aliphatic rings. The number of carbonyl (C=O) groups excluding carboxylic acids is 1. The maximum Gasteiger partial charge on any atom is 0.271 e. The molecular weight excluding hydrogens is 276 g/mol. The van der Waals surface area contributed by atoms with Crippen molar-refractivity contribution in [1.29, 1.82) is 0 Å². The second-order valence-corrected chi connectivity index (χ2v) is 5.27. The van der Waals surface area contributed by atoms with Gasteiger partial charge in [-0.05, 0) is 45.0 Å². The van der Waals surface area contributed by atoms with Gasteiger partial charge in [0, 0.05) is 11.1 Å². The largest absolute Gasteiger partial charge is 0.490 e. The van der Waals surface area contributed by atoms with Gasteiger partial charge in [-0.15, -0.1) is 0 Å². The van der Waals surface area contributed by atoms with Crippen molar-refractivity contribution in [2.45, 2.75) is 26.9 Å². The van der Waals surface area contributed by atoms with Gasteiger partial charge in [0.25, 0.3) is 5.91 Å². The van der Waals surface area contributed by atoms with Gasteiger partial charge in [-0.3, -0.25) is 4.79 Å². The van der Waals surface area contributed by atoms with Gasteiger partial charge < -0.3 is 4.74 Å². The third-order valence-electron chi connectivity index (χ3n) is 2.93.